The normalized spacial score (nSPS) is 13.5. The molecule has 16 heavy (non-hydrogen) atoms. The predicted octanol–water partition coefficient (Wildman–Crippen LogP) is 1.88. The average Bonchev–Trinajstić information content (AvgIpc) is 2.12. The highest BCUT2D eigenvalue weighted by Gasteiger charge is 2.10. The summed E-state index contributed by atoms with van der Waals surface area (Å²) in [6.07, 6.45) is -0.289. The molecule has 0 saturated carbocycles. The van der Waals surface area contributed by atoms with Gasteiger partial charge in [0.15, 0.2) is 0 Å². The van der Waals surface area contributed by atoms with E-state index in [1.165, 1.54) is 0 Å². The molecule has 5 heteroatoms. The SMILES string of the molecule is CC(C)(C)CCCOCC(O)COC(=O)O. The van der Waals surface area contributed by atoms with Crippen molar-refractivity contribution in [3.8, 4) is 0 Å². The minimum Gasteiger partial charge on any atom is -0.450 e. The third-order valence-electron chi connectivity index (χ3n) is 1.92. The zero-order valence-corrected chi connectivity index (χ0v) is 10.2. The first kappa shape index (κ1) is 15.2. The summed E-state index contributed by atoms with van der Waals surface area (Å²) in [7, 11) is 0. The Balaban J connectivity index is 3.34. The topological polar surface area (TPSA) is 76.0 Å². The Hall–Kier alpha value is -0.810. The van der Waals surface area contributed by atoms with Crippen molar-refractivity contribution in [2.45, 2.75) is 39.7 Å². The van der Waals surface area contributed by atoms with Gasteiger partial charge < -0.3 is 19.7 Å². The first-order valence-electron chi connectivity index (χ1n) is 5.43. The van der Waals surface area contributed by atoms with E-state index in [0.717, 1.165) is 12.8 Å². The third kappa shape index (κ3) is 11.3. The molecule has 0 saturated heterocycles. The van der Waals surface area contributed by atoms with Crippen molar-refractivity contribution in [2.24, 2.45) is 5.41 Å². The van der Waals surface area contributed by atoms with Crippen molar-refractivity contribution >= 4 is 6.16 Å². The molecule has 0 aromatic rings. The highest BCUT2D eigenvalue weighted by atomic mass is 16.7. The largest absolute Gasteiger partial charge is 0.505 e. The number of hydrogen-bond donors (Lipinski definition) is 2. The fourth-order valence-corrected chi connectivity index (χ4v) is 1.14. The van der Waals surface area contributed by atoms with Gasteiger partial charge in [0.2, 0.25) is 0 Å². The van der Waals surface area contributed by atoms with Crippen LogP contribution in [0.1, 0.15) is 33.6 Å². The molecule has 0 spiro atoms. The zero-order chi connectivity index (χ0) is 12.6. The van der Waals surface area contributed by atoms with Crippen molar-refractivity contribution < 1.29 is 24.5 Å². The van der Waals surface area contributed by atoms with Crippen LogP contribution in [0.15, 0.2) is 0 Å². The van der Waals surface area contributed by atoms with E-state index in [9.17, 15) is 9.90 Å². The summed E-state index contributed by atoms with van der Waals surface area (Å²) >= 11 is 0. The smallest absolute Gasteiger partial charge is 0.450 e. The van der Waals surface area contributed by atoms with Crippen LogP contribution in [-0.2, 0) is 9.47 Å². The number of aliphatic hydroxyl groups excluding tert-OH is 1. The molecule has 0 heterocycles. The van der Waals surface area contributed by atoms with Gasteiger partial charge in [0.25, 0.3) is 0 Å². The lowest BCUT2D eigenvalue weighted by Gasteiger charge is -2.18. The minimum absolute atomic E-state index is 0.109. The Kier molecular flexibility index (Phi) is 7.08. The molecular formula is C11H22O5. The maximum absolute atomic E-state index is 10.0. The summed E-state index contributed by atoms with van der Waals surface area (Å²) < 4.78 is 9.40. The lowest BCUT2D eigenvalue weighted by atomic mass is 9.91. The molecule has 0 aliphatic heterocycles. The molecule has 0 amide bonds. The van der Waals surface area contributed by atoms with Gasteiger partial charge in [-0.05, 0) is 18.3 Å². The Morgan fingerprint density at radius 2 is 1.94 bits per heavy atom. The van der Waals surface area contributed by atoms with Crippen LogP contribution in [0.3, 0.4) is 0 Å². The first-order valence-corrected chi connectivity index (χ1v) is 5.43. The average molecular weight is 234 g/mol. The van der Waals surface area contributed by atoms with Crippen LogP contribution < -0.4 is 0 Å². The quantitative estimate of drug-likeness (QED) is 0.519. The van der Waals surface area contributed by atoms with Crippen molar-refractivity contribution in [3.05, 3.63) is 0 Å². The van der Waals surface area contributed by atoms with E-state index >= 15 is 0 Å². The highest BCUT2D eigenvalue weighted by Crippen LogP contribution is 2.20. The second-order valence-corrected chi connectivity index (χ2v) is 4.97. The minimum atomic E-state index is -1.38. The van der Waals surface area contributed by atoms with Crippen molar-refractivity contribution in [1.29, 1.82) is 0 Å². The van der Waals surface area contributed by atoms with Gasteiger partial charge in [-0.1, -0.05) is 20.8 Å². The molecule has 96 valence electrons. The van der Waals surface area contributed by atoms with Crippen LogP contribution in [0, 0.1) is 5.41 Å². The second-order valence-electron chi connectivity index (χ2n) is 4.97. The monoisotopic (exact) mass is 234 g/mol. The van der Waals surface area contributed by atoms with Gasteiger partial charge in [-0.25, -0.2) is 4.79 Å². The van der Waals surface area contributed by atoms with E-state index in [1.54, 1.807) is 0 Å². The van der Waals surface area contributed by atoms with E-state index in [0.29, 0.717) is 6.61 Å². The van der Waals surface area contributed by atoms with Crippen molar-refractivity contribution in [1.82, 2.24) is 0 Å². The molecule has 0 radical (unpaired) electrons. The molecule has 2 N–H and O–H groups in total. The molecular weight excluding hydrogens is 212 g/mol. The summed E-state index contributed by atoms with van der Waals surface area (Å²) in [6.45, 7) is 6.90. The summed E-state index contributed by atoms with van der Waals surface area (Å²) in [5.74, 6) is 0. The Labute approximate surface area is 96.4 Å². The van der Waals surface area contributed by atoms with E-state index in [2.05, 4.69) is 25.5 Å². The number of aliphatic hydroxyl groups is 1. The molecule has 0 fully saturated rings. The molecule has 1 atom stereocenters. The van der Waals surface area contributed by atoms with Crippen molar-refractivity contribution in [2.75, 3.05) is 19.8 Å². The van der Waals surface area contributed by atoms with Gasteiger partial charge in [-0.2, -0.15) is 0 Å². The standard InChI is InChI=1S/C11H22O5/c1-11(2,3)5-4-6-15-7-9(12)8-16-10(13)14/h9,12H,4-8H2,1-3H3,(H,13,14). The first-order chi connectivity index (χ1) is 7.31. The maximum Gasteiger partial charge on any atom is 0.505 e. The summed E-state index contributed by atoms with van der Waals surface area (Å²) in [5, 5.41) is 17.4. The molecule has 0 aliphatic carbocycles. The van der Waals surface area contributed by atoms with Gasteiger partial charge in [-0.3, -0.25) is 0 Å². The van der Waals surface area contributed by atoms with E-state index in [-0.39, 0.29) is 18.6 Å². The van der Waals surface area contributed by atoms with Crippen LogP contribution in [0.2, 0.25) is 0 Å². The van der Waals surface area contributed by atoms with Crippen LogP contribution in [0.4, 0.5) is 4.79 Å². The number of hydrogen-bond acceptors (Lipinski definition) is 4. The van der Waals surface area contributed by atoms with E-state index in [1.807, 2.05) is 0 Å². The second kappa shape index (κ2) is 7.46. The van der Waals surface area contributed by atoms with Crippen LogP contribution in [-0.4, -0.2) is 42.3 Å². The molecule has 0 bridgehead atoms. The third-order valence-corrected chi connectivity index (χ3v) is 1.92. The zero-order valence-electron chi connectivity index (χ0n) is 10.2. The summed E-state index contributed by atoms with van der Waals surface area (Å²) in [6, 6.07) is 0. The van der Waals surface area contributed by atoms with E-state index in [4.69, 9.17) is 9.84 Å². The van der Waals surface area contributed by atoms with Gasteiger partial charge in [0.1, 0.15) is 12.7 Å². The number of carboxylic acid groups (broad SMARTS) is 1. The maximum atomic E-state index is 10.0. The molecule has 0 aliphatic rings. The van der Waals surface area contributed by atoms with Crippen LogP contribution in [0.25, 0.3) is 0 Å². The highest BCUT2D eigenvalue weighted by molar-refractivity contribution is 5.56. The molecule has 0 aromatic heterocycles. The number of carbonyl (C=O) groups is 1. The Bertz CT molecular complexity index is 197. The Morgan fingerprint density at radius 1 is 1.31 bits per heavy atom. The number of ether oxygens (including phenoxy) is 2. The fourth-order valence-electron chi connectivity index (χ4n) is 1.14. The van der Waals surface area contributed by atoms with Crippen LogP contribution >= 0.6 is 0 Å². The Morgan fingerprint density at radius 3 is 2.44 bits per heavy atom. The molecule has 0 rings (SSSR count). The lowest BCUT2D eigenvalue weighted by Crippen LogP contribution is -2.23. The van der Waals surface area contributed by atoms with Crippen LogP contribution in [0.5, 0.6) is 0 Å². The van der Waals surface area contributed by atoms with Gasteiger partial charge >= 0.3 is 6.16 Å². The molecule has 5 nitrogen and oxygen atoms in total. The van der Waals surface area contributed by atoms with Gasteiger partial charge in [-0.15, -0.1) is 0 Å². The molecule has 0 aromatic carbocycles. The van der Waals surface area contributed by atoms with E-state index < -0.39 is 12.3 Å². The van der Waals surface area contributed by atoms with Gasteiger partial charge in [0, 0.05) is 6.61 Å². The van der Waals surface area contributed by atoms with Gasteiger partial charge in [0.05, 0.1) is 6.61 Å². The molecule has 1 unspecified atom stereocenters. The number of rotatable bonds is 7. The van der Waals surface area contributed by atoms with Crippen molar-refractivity contribution in [3.63, 3.8) is 0 Å². The predicted molar refractivity (Wildman–Crippen MR) is 59.5 cm³/mol. The fraction of sp³-hybridized carbons (Fsp3) is 0.909. The lowest BCUT2D eigenvalue weighted by molar-refractivity contribution is -0.0118. The summed E-state index contributed by atoms with van der Waals surface area (Å²) in [4.78, 5) is 10.0. The summed E-state index contributed by atoms with van der Waals surface area (Å²) in [5.41, 5.74) is 0.286.